The number of fused-ring (bicyclic) bond motifs is 1. The summed E-state index contributed by atoms with van der Waals surface area (Å²) in [6, 6.07) is 10.7. The van der Waals surface area contributed by atoms with Crippen LogP contribution in [0.1, 0.15) is 37.7 Å². The van der Waals surface area contributed by atoms with Crippen LogP contribution in [0.3, 0.4) is 0 Å². The Morgan fingerprint density at radius 3 is 2.80 bits per heavy atom. The maximum Gasteiger partial charge on any atom is 0.134 e. The number of hydrogen-bond donors (Lipinski definition) is 0. The molecule has 2 atom stereocenters. The van der Waals surface area contributed by atoms with E-state index in [1.165, 1.54) is 24.8 Å². The van der Waals surface area contributed by atoms with Gasteiger partial charge in [0.2, 0.25) is 0 Å². The van der Waals surface area contributed by atoms with Crippen LogP contribution >= 0.6 is 0 Å². The first-order valence-corrected chi connectivity index (χ1v) is 5.88. The first-order valence-electron chi connectivity index (χ1n) is 5.88. The van der Waals surface area contributed by atoms with Gasteiger partial charge >= 0.3 is 0 Å². The fourth-order valence-electron chi connectivity index (χ4n) is 3.63. The van der Waals surface area contributed by atoms with Crippen molar-refractivity contribution in [3.05, 3.63) is 35.9 Å². The summed E-state index contributed by atoms with van der Waals surface area (Å²) in [4.78, 5) is 11.6. The van der Waals surface area contributed by atoms with Crippen LogP contribution in [0.25, 0.3) is 0 Å². The minimum Gasteiger partial charge on any atom is -0.300 e. The average molecular weight is 200 g/mol. The average Bonchev–Trinajstić information content (AvgIpc) is 2.75. The Hall–Kier alpha value is -1.11. The van der Waals surface area contributed by atoms with Crippen molar-refractivity contribution < 1.29 is 4.79 Å². The van der Waals surface area contributed by atoms with Gasteiger partial charge in [-0.05, 0) is 24.3 Å². The molecule has 1 heteroatoms. The van der Waals surface area contributed by atoms with E-state index in [1.54, 1.807) is 0 Å². The number of ketones is 1. The minimum atomic E-state index is 0.221. The third kappa shape index (κ3) is 1.26. The van der Waals surface area contributed by atoms with Gasteiger partial charge in [-0.3, -0.25) is 4.79 Å². The second kappa shape index (κ2) is 3.19. The van der Waals surface area contributed by atoms with Crippen LogP contribution in [0.5, 0.6) is 0 Å². The third-order valence-corrected chi connectivity index (χ3v) is 4.29. The summed E-state index contributed by atoms with van der Waals surface area (Å²) in [7, 11) is 0. The quantitative estimate of drug-likeness (QED) is 0.680. The Morgan fingerprint density at radius 2 is 2.00 bits per heavy atom. The van der Waals surface area contributed by atoms with Crippen molar-refractivity contribution in [1.29, 1.82) is 0 Å². The van der Waals surface area contributed by atoms with Gasteiger partial charge < -0.3 is 0 Å². The summed E-state index contributed by atoms with van der Waals surface area (Å²) in [5.74, 6) is 1.11. The highest BCUT2D eigenvalue weighted by molar-refractivity contribution is 5.83. The predicted octanol–water partition coefficient (Wildman–Crippen LogP) is 3.09. The van der Waals surface area contributed by atoms with Crippen molar-refractivity contribution in [2.45, 2.75) is 37.5 Å². The Labute approximate surface area is 90.5 Å². The highest BCUT2D eigenvalue weighted by atomic mass is 16.1. The molecule has 2 aliphatic rings. The van der Waals surface area contributed by atoms with Crippen LogP contribution in [0.4, 0.5) is 0 Å². The molecule has 2 fully saturated rings. The first-order chi connectivity index (χ1) is 7.31. The monoisotopic (exact) mass is 200 g/mol. The molecule has 0 spiro atoms. The summed E-state index contributed by atoms with van der Waals surface area (Å²) >= 11 is 0. The van der Waals surface area contributed by atoms with Gasteiger partial charge in [0.1, 0.15) is 5.78 Å². The molecule has 1 aromatic rings. The fourth-order valence-corrected chi connectivity index (χ4v) is 3.63. The molecule has 15 heavy (non-hydrogen) atoms. The van der Waals surface area contributed by atoms with Gasteiger partial charge in [0.05, 0.1) is 0 Å². The summed E-state index contributed by atoms with van der Waals surface area (Å²) in [5.41, 5.74) is 1.62. The van der Waals surface area contributed by atoms with Crippen LogP contribution < -0.4 is 0 Å². The topological polar surface area (TPSA) is 17.1 Å². The summed E-state index contributed by atoms with van der Waals surface area (Å²) in [5, 5.41) is 0. The number of carbonyl (C=O) groups is 1. The van der Waals surface area contributed by atoms with E-state index >= 15 is 0 Å². The van der Waals surface area contributed by atoms with Crippen LogP contribution in [-0.4, -0.2) is 5.78 Å². The number of rotatable bonds is 1. The van der Waals surface area contributed by atoms with Crippen molar-refractivity contribution in [1.82, 2.24) is 0 Å². The smallest absolute Gasteiger partial charge is 0.134 e. The maximum atomic E-state index is 11.6. The molecular weight excluding hydrogens is 184 g/mol. The molecule has 0 radical (unpaired) electrons. The van der Waals surface area contributed by atoms with Crippen LogP contribution in [0.2, 0.25) is 0 Å². The van der Waals surface area contributed by atoms with E-state index in [0.717, 1.165) is 12.8 Å². The number of benzene rings is 1. The normalized spacial score (nSPS) is 34.4. The van der Waals surface area contributed by atoms with Gasteiger partial charge in [-0.1, -0.05) is 36.8 Å². The van der Waals surface area contributed by atoms with Gasteiger partial charge in [0.15, 0.2) is 0 Å². The van der Waals surface area contributed by atoms with E-state index in [9.17, 15) is 4.79 Å². The summed E-state index contributed by atoms with van der Waals surface area (Å²) in [6.45, 7) is 0. The predicted molar refractivity (Wildman–Crippen MR) is 59.7 cm³/mol. The highest BCUT2D eigenvalue weighted by Gasteiger charge is 2.50. The third-order valence-electron chi connectivity index (χ3n) is 4.29. The SMILES string of the molecule is O=C1C[C@@H]2CCC[C@]2(c2ccccc2)C1. The molecule has 0 amide bonds. The Balaban J connectivity index is 2.05. The number of carbonyl (C=O) groups excluding carboxylic acids is 1. The van der Waals surface area contributed by atoms with Crippen molar-refractivity contribution in [3.63, 3.8) is 0 Å². The van der Waals surface area contributed by atoms with E-state index in [4.69, 9.17) is 0 Å². The van der Waals surface area contributed by atoms with Crippen LogP contribution in [-0.2, 0) is 10.2 Å². The highest BCUT2D eigenvalue weighted by Crippen LogP contribution is 2.54. The van der Waals surface area contributed by atoms with Gasteiger partial charge in [0.25, 0.3) is 0 Å². The van der Waals surface area contributed by atoms with Crippen molar-refractivity contribution in [2.24, 2.45) is 5.92 Å². The molecule has 3 rings (SSSR count). The van der Waals surface area contributed by atoms with E-state index in [1.807, 2.05) is 0 Å². The molecular formula is C14H16O. The first kappa shape index (κ1) is 9.14. The Kier molecular flexibility index (Phi) is 1.95. The van der Waals surface area contributed by atoms with Crippen molar-refractivity contribution in [2.75, 3.05) is 0 Å². The van der Waals surface area contributed by atoms with Gasteiger partial charge in [-0.25, -0.2) is 0 Å². The van der Waals surface area contributed by atoms with Crippen LogP contribution in [0.15, 0.2) is 30.3 Å². The lowest BCUT2D eigenvalue weighted by Crippen LogP contribution is -2.25. The molecule has 2 saturated carbocycles. The molecule has 2 aliphatic carbocycles. The molecule has 78 valence electrons. The molecule has 1 aromatic carbocycles. The largest absolute Gasteiger partial charge is 0.300 e. The van der Waals surface area contributed by atoms with Gasteiger partial charge in [-0.2, -0.15) is 0 Å². The molecule has 0 aliphatic heterocycles. The van der Waals surface area contributed by atoms with E-state index in [0.29, 0.717) is 11.7 Å². The zero-order chi connectivity index (χ0) is 10.3. The second-order valence-corrected chi connectivity index (χ2v) is 5.03. The lowest BCUT2D eigenvalue weighted by molar-refractivity contribution is -0.117. The zero-order valence-electron chi connectivity index (χ0n) is 8.91. The van der Waals surface area contributed by atoms with Crippen molar-refractivity contribution >= 4 is 5.78 Å². The summed E-state index contributed by atoms with van der Waals surface area (Å²) in [6.07, 6.45) is 5.39. The van der Waals surface area contributed by atoms with E-state index in [-0.39, 0.29) is 5.41 Å². The molecule has 0 aromatic heterocycles. The Morgan fingerprint density at radius 1 is 1.20 bits per heavy atom. The molecule has 0 saturated heterocycles. The fraction of sp³-hybridized carbons (Fsp3) is 0.500. The number of Topliss-reactive ketones (excluding diaryl/α,β-unsaturated/α-hetero) is 1. The molecule has 0 N–H and O–H groups in total. The second-order valence-electron chi connectivity index (χ2n) is 5.03. The Bertz CT molecular complexity index is 382. The minimum absolute atomic E-state index is 0.221. The maximum absolute atomic E-state index is 11.6. The van der Waals surface area contributed by atoms with Gasteiger partial charge in [-0.15, -0.1) is 0 Å². The molecule has 0 heterocycles. The molecule has 1 nitrogen and oxygen atoms in total. The van der Waals surface area contributed by atoms with Crippen molar-refractivity contribution in [3.8, 4) is 0 Å². The van der Waals surface area contributed by atoms with E-state index < -0.39 is 0 Å². The van der Waals surface area contributed by atoms with Gasteiger partial charge in [0, 0.05) is 18.3 Å². The zero-order valence-corrected chi connectivity index (χ0v) is 8.91. The lowest BCUT2D eigenvalue weighted by atomic mass is 9.74. The molecule has 0 bridgehead atoms. The van der Waals surface area contributed by atoms with Crippen LogP contribution in [0, 0.1) is 5.92 Å². The molecule has 0 unspecified atom stereocenters. The number of hydrogen-bond acceptors (Lipinski definition) is 1. The standard InChI is InChI=1S/C14H16O/c15-13-9-12-7-4-8-14(12,10-13)11-5-2-1-3-6-11/h1-3,5-6,12H,4,7-10H2/t12-,14+/m0/s1. The lowest BCUT2D eigenvalue weighted by Gasteiger charge is -2.29. The van der Waals surface area contributed by atoms with E-state index in [2.05, 4.69) is 30.3 Å². The summed E-state index contributed by atoms with van der Waals surface area (Å²) < 4.78 is 0.